The molecule has 1 aliphatic rings. The van der Waals surface area contributed by atoms with Crippen LogP contribution in [-0.4, -0.2) is 40.1 Å². The van der Waals surface area contributed by atoms with Crippen molar-refractivity contribution >= 4 is 11.8 Å². The van der Waals surface area contributed by atoms with Crippen molar-refractivity contribution in [1.82, 2.24) is 19.8 Å². The molecule has 7 heteroatoms. The summed E-state index contributed by atoms with van der Waals surface area (Å²) < 4.78 is 1.38. The number of rotatable bonds is 5. The van der Waals surface area contributed by atoms with Gasteiger partial charge >= 0.3 is 6.03 Å². The molecule has 1 fully saturated rings. The average molecular weight is 341 g/mol. The molecule has 2 amide bonds. The van der Waals surface area contributed by atoms with Crippen LogP contribution in [-0.2, 0) is 7.05 Å². The molecule has 132 valence electrons. The molecule has 0 radical (unpaired) electrons. The van der Waals surface area contributed by atoms with E-state index in [2.05, 4.69) is 20.5 Å². The van der Waals surface area contributed by atoms with Gasteiger partial charge in [-0.05, 0) is 31.5 Å². The summed E-state index contributed by atoms with van der Waals surface area (Å²) in [5, 5.41) is 5.54. The third-order valence-corrected chi connectivity index (χ3v) is 4.40. The largest absolute Gasteiger partial charge is 0.330 e. The van der Waals surface area contributed by atoms with E-state index in [4.69, 9.17) is 0 Å². The molecule has 0 spiro atoms. The lowest BCUT2D eigenvalue weighted by atomic mass is 10.1. The van der Waals surface area contributed by atoms with Gasteiger partial charge in [-0.1, -0.05) is 30.3 Å². The number of anilines is 1. The van der Waals surface area contributed by atoms with Gasteiger partial charge in [0.25, 0.3) is 5.56 Å². The second kappa shape index (κ2) is 7.94. The number of hydrogen-bond acceptors (Lipinski definition) is 4. The van der Waals surface area contributed by atoms with E-state index in [0.717, 1.165) is 25.2 Å². The second-order valence-corrected chi connectivity index (χ2v) is 6.26. The van der Waals surface area contributed by atoms with Gasteiger partial charge in [0.15, 0.2) is 0 Å². The van der Waals surface area contributed by atoms with Gasteiger partial charge in [-0.25, -0.2) is 9.78 Å². The van der Waals surface area contributed by atoms with Crippen molar-refractivity contribution in [1.29, 1.82) is 0 Å². The molecular formula is C18H23N5O2. The number of carbonyl (C=O) groups is 1. The van der Waals surface area contributed by atoms with Gasteiger partial charge in [0.1, 0.15) is 0 Å². The first-order valence-corrected chi connectivity index (χ1v) is 8.50. The van der Waals surface area contributed by atoms with Crippen LogP contribution in [0.4, 0.5) is 10.6 Å². The summed E-state index contributed by atoms with van der Waals surface area (Å²) >= 11 is 0. The lowest BCUT2D eigenvalue weighted by molar-refractivity contribution is 0.240. The maximum absolute atomic E-state index is 12.4. The Hall–Kier alpha value is -2.67. The Morgan fingerprint density at radius 1 is 1.24 bits per heavy atom. The molecule has 2 aromatic rings. The van der Waals surface area contributed by atoms with Crippen molar-refractivity contribution < 1.29 is 4.79 Å². The SMILES string of the molecule is Cn1ccnc(NC(=O)NC(CN2CCCC2)c2ccccc2)c1=O. The fourth-order valence-corrected chi connectivity index (χ4v) is 3.03. The number of nitrogens with one attached hydrogen (secondary N) is 2. The van der Waals surface area contributed by atoms with Crippen LogP contribution in [0.3, 0.4) is 0 Å². The van der Waals surface area contributed by atoms with Gasteiger partial charge in [0, 0.05) is 26.0 Å². The summed E-state index contributed by atoms with van der Waals surface area (Å²) in [6.07, 6.45) is 5.41. The van der Waals surface area contributed by atoms with Crippen LogP contribution in [0.2, 0.25) is 0 Å². The highest BCUT2D eigenvalue weighted by Gasteiger charge is 2.21. The van der Waals surface area contributed by atoms with Gasteiger partial charge in [-0.15, -0.1) is 0 Å². The Kier molecular flexibility index (Phi) is 5.45. The zero-order valence-corrected chi connectivity index (χ0v) is 14.3. The van der Waals surface area contributed by atoms with Crippen LogP contribution in [0, 0.1) is 0 Å². The molecule has 25 heavy (non-hydrogen) atoms. The Bertz CT molecular complexity index is 769. The highest BCUT2D eigenvalue weighted by molar-refractivity contribution is 5.88. The van der Waals surface area contributed by atoms with Crippen LogP contribution in [0.5, 0.6) is 0 Å². The number of carbonyl (C=O) groups excluding carboxylic acids is 1. The first-order valence-electron chi connectivity index (χ1n) is 8.50. The summed E-state index contributed by atoms with van der Waals surface area (Å²) in [6.45, 7) is 2.85. The van der Waals surface area contributed by atoms with Crippen molar-refractivity contribution in [2.45, 2.75) is 18.9 Å². The minimum Gasteiger partial charge on any atom is -0.330 e. The van der Waals surface area contributed by atoms with Crippen molar-refractivity contribution in [2.75, 3.05) is 25.0 Å². The minimum atomic E-state index is -0.427. The monoisotopic (exact) mass is 341 g/mol. The van der Waals surface area contributed by atoms with Crippen molar-refractivity contribution in [3.63, 3.8) is 0 Å². The predicted molar refractivity (Wildman–Crippen MR) is 96.5 cm³/mol. The lowest BCUT2D eigenvalue weighted by Crippen LogP contribution is -2.40. The molecule has 1 aliphatic heterocycles. The fraction of sp³-hybridized carbons (Fsp3) is 0.389. The third kappa shape index (κ3) is 4.45. The van der Waals surface area contributed by atoms with Crippen LogP contribution >= 0.6 is 0 Å². The molecule has 1 aromatic carbocycles. The first kappa shape index (κ1) is 17.2. The molecule has 1 saturated heterocycles. The fourth-order valence-electron chi connectivity index (χ4n) is 3.03. The van der Waals surface area contributed by atoms with Crippen LogP contribution in [0.1, 0.15) is 24.4 Å². The Morgan fingerprint density at radius 2 is 1.96 bits per heavy atom. The van der Waals surface area contributed by atoms with Crippen molar-refractivity contribution in [3.05, 3.63) is 58.6 Å². The zero-order valence-electron chi connectivity index (χ0n) is 14.3. The first-order chi connectivity index (χ1) is 12.1. The molecule has 0 aliphatic carbocycles. The van der Waals surface area contributed by atoms with Crippen molar-refractivity contribution in [3.8, 4) is 0 Å². The number of nitrogens with zero attached hydrogens (tertiary/aromatic N) is 3. The predicted octanol–water partition coefficient (Wildman–Crippen LogP) is 1.74. The molecule has 1 aromatic heterocycles. The Labute approximate surface area is 146 Å². The van der Waals surface area contributed by atoms with Gasteiger partial charge in [0.2, 0.25) is 5.82 Å². The maximum Gasteiger partial charge on any atom is 0.321 e. The highest BCUT2D eigenvalue weighted by atomic mass is 16.2. The second-order valence-electron chi connectivity index (χ2n) is 6.26. The number of amides is 2. The Morgan fingerprint density at radius 3 is 2.68 bits per heavy atom. The highest BCUT2D eigenvalue weighted by Crippen LogP contribution is 2.17. The summed E-state index contributed by atoms with van der Waals surface area (Å²) in [5.74, 6) is 0.0236. The quantitative estimate of drug-likeness (QED) is 0.868. The number of aryl methyl sites for hydroxylation is 1. The Balaban J connectivity index is 1.71. The summed E-state index contributed by atoms with van der Waals surface area (Å²) in [5.41, 5.74) is 0.701. The number of urea groups is 1. The van der Waals surface area contributed by atoms with E-state index in [9.17, 15) is 9.59 Å². The average Bonchev–Trinajstić information content (AvgIpc) is 3.12. The summed E-state index contributed by atoms with van der Waals surface area (Å²) in [7, 11) is 1.62. The van der Waals surface area contributed by atoms with E-state index in [-0.39, 0.29) is 17.4 Å². The van der Waals surface area contributed by atoms with Crippen LogP contribution in [0.25, 0.3) is 0 Å². The molecule has 1 atom stereocenters. The molecule has 2 N–H and O–H groups in total. The number of benzene rings is 1. The van der Waals surface area contributed by atoms with Gasteiger partial charge in [-0.3, -0.25) is 10.1 Å². The third-order valence-electron chi connectivity index (χ3n) is 4.40. The molecule has 7 nitrogen and oxygen atoms in total. The zero-order chi connectivity index (χ0) is 17.6. The topological polar surface area (TPSA) is 79.3 Å². The van der Waals surface area contributed by atoms with Crippen molar-refractivity contribution in [2.24, 2.45) is 7.05 Å². The lowest BCUT2D eigenvalue weighted by Gasteiger charge is -2.25. The molecule has 1 unspecified atom stereocenters. The standard InChI is InChI=1S/C18H23N5O2/c1-22-12-9-19-16(17(22)24)21-18(25)20-15(13-23-10-5-6-11-23)14-7-3-2-4-8-14/h2-4,7-9,12,15H,5-6,10-11,13H2,1H3,(H2,19,20,21,25). The molecule has 0 saturated carbocycles. The van der Waals surface area contributed by atoms with Gasteiger partial charge < -0.3 is 14.8 Å². The normalized spacial score (nSPS) is 15.7. The molecule has 3 rings (SSSR count). The van der Waals surface area contributed by atoms with E-state index >= 15 is 0 Å². The smallest absolute Gasteiger partial charge is 0.321 e. The van der Waals surface area contributed by atoms with E-state index in [1.165, 1.54) is 23.6 Å². The molecule has 0 bridgehead atoms. The summed E-state index contributed by atoms with van der Waals surface area (Å²) in [6, 6.07) is 9.30. The molecular weight excluding hydrogens is 318 g/mol. The van der Waals surface area contributed by atoms with E-state index in [0.29, 0.717) is 0 Å². The van der Waals surface area contributed by atoms with E-state index in [1.54, 1.807) is 13.2 Å². The number of aromatic nitrogens is 2. The maximum atomic E-state index is 12.4. The summed E-state index contributed by atoms with van der Waals surface area (Å²) in [4.78, 5) is 30.7. The van der Waals surface area contributed by atoms with E-state index < -0.39 is 6.03 Å². The number of likely N-dealkylation sites (tertiary alicyclic amines) is 1. The van der Waals surface area contributed by atoms with Gasteiger partial charge in [-0.2, -0.15) is 0 Å². The molecule has 2 heterocycles. The minimum absolute atomic E-state index is 0.0236. The van der Waals surface area contributed by atoms with Gasteiger partial charge in [0.05, 0.1) is 6.04 Å². The van der Waals surface area contributed by atoms with Crippen LogP contribution < -0.4 is 16.2 Å². The van der Waals surface area contributed by atoms with E-state index in [1.807, 2.05) is 30.3 Å². The number of hydrogen-bond donors (Lipinski definition) is 2. The van der Waals surface area contributed by atoms with Crippen LogP contribution in [0.15, 0.2) is 47.5 Å².